The minimum absolute atomic E-state index is 0.229. The highest BCUT2D eigenvalue weighted by molar-refractivity contribution is 5.56. The molecule has 0 saturated carbocycles. The summed E-state index contributed by atoms with van der Waals surface area (Å²) in [5.74, 6) is 1.42. The van der Waals surface area contributed by atoms with Crippen molar-refractivity contribution in [2.75, 3.05) is 37.7 Å². The van der Waals surface area contributed by atoms with Crippen LogP contribution in [0, 0.1) is 19.8 Å². The lowest BCUT2D eigenvalue weighted by Gasteiger charge is -2.41. The van der Waals surface area contributed by atoms with Crippen molar-refractivity contribution in [3.05, 3.63) is 35.2 Å². The van der Waals surface area contributed by atoms with Crippen LogP contribution < -0.4 is 4.90 Å². The molecule has 2 aromatic rings. The second kappa shape index (κ2) is 8.79. The average molecular weight is 399 g/mol. The summed E-state index contributed by atoms with van der Waals surface area (Å²) in [4.78, 5) is 5.08. The third-order valence-electron chi connectivity index (χ3n) is 6.48. The van der Waals surface area contributed by atoms with Crippen LogP contribution in [-0.4, -0.2) is 64.0 Å². The Hall–Kier alpha value is -1.99. The normalized spacial score (nSPS) is 21.8. The van der Waals surface area contributed by atoms with Crippen LogP contribution in [0.1, 0.15) is 49.7 Å². The first-order valence-corrected chi connectivity index (χ1v) is 11.0. The Morgan fingerprint density at radius 3 is 2.62 bits per heavy atom. The van der Waals surface area contributed by atoms with Crippen LogP contribution in [0.2, 0.25) is 0 Å². The van der Waals surface area contributed by atoms with Gasteiger partial charge >= 0.3 is 0 Å². The maximum atomic E-state index is 5.81. The predicted molar refractivity (Wildman–Crippen MR) is 114 cm³/mol. The molecule has 0 aliphatic carbocycles. The molecule has 7 heteroatoms. The van der Waals surface area contributed by atoms with E-state index in [-0.39, 0.29) is 12.1 Å². The second-order valence-corrected chi connectivity index (χ2v) is 8.79. The van der Waals surface area contributed by atoms with Crippen LogP contribution in [0.5, 0.6) is 0 Å². The maximum absolute atomic E-state index is 5.81. The summed E-state index contributed by atoms with van der Waals surface area (Å²) >= 11 is 0. The highest BCUT2D eigenvalue weighted by Gasteiger charge is 2.32. The summed E-state index contributed by atoms with van der Waals surface area (Å²) in [6.07, 6.45) is 2.47. The number of benzene rings is 1. The molecule has 1 aromatic carbocycles. The molecule has 2 atom stereocenters. The van der Waals surface area contributed by atoms with Crippen molar-refractivity contribution in [3.63, 3.8) is 0 Å². The summed E-state index contributed by atoms with van der Waals surface area (Å²) < 4.78 is 7.80. The van der Waals surface area contributed by atoms with Crippen molar-refractivity contribution in [2.45, 2.75) is 59.2 Å². The number of tetrazole rings is 1. The molecule has 158 valence electrons. The maximum Gasteiger partial charge on any atom is 0.168 e. The van der Waals surface area contributed by atoms with Gasteiger partial charge in [0.1, 0.15) is 0 Å². The molecule has 2 fully saturated rings. The van der Waals surface area contributed by atoms with Gasteiger partial charge in [-0.1, -0.05) is 26.0 Å². The molecule has 2 saturated heterocycles. The van der Waals surface area contributed by atoms with Gasteiger partial charge in [0.05, 0.1) is 18.7 Å². The van der Waals surface area contributed by atoms with E-state index in [1.54, 1.807) is 0 Å². The Labute approximate surface area is 174 Å². The quantitative estimate of drug-likeness (QED) is 0.746. The van der Waals surface area contributed by atoms with Gasteiger partial charge in [0.25, 0.3) is 0 Å². The van der Waals surface area contributed by atoms with Gasteiger partial charge in [-0.05, 0) is 60.2 Å². The Bertz CT molecular complexity index is 805. The summed E-state index contributed by atoms with van der Waals surface area (Å²) in [5.41, 5.74) is 4.12. The van der Waals surface area contributed by atoms with Crippen molar-refractivity contribution < 1.29 is 4.74 Å². The van der Waals surface area contributed by atoms with Crippen molar-refractivity contribution >= 4 is 5.69 Å². The van der Waals surface area contributed by atoms with Crippen molar-refractivity contribution in [1.29, 1.82) is 0 Å². The number of rotatable bonds is 6. The van der Waals surface area contributed by atoms with Gasteiger partial charge in [-0.15, -0.1) is 5.10 Å². The molecule has 0 spiro atoms. The van der Waals surface area contributed by atoms with Gasteiger partial charge in [-0.3, -0.25) is 4.90 Å². The number of aryl methyl sites for hydroxylation is 1. The third kappa shape index (κ3) is 4.31. The van der Waals surface area contributed by atoms with E-state index in [1.807, 2.05) is 4.68 Å². The van der Waals surface area contributed by atoms with Crippen molar-refractivity contribution in [3.8, 4) is 0 Å². The van der Waals surface area contributed by atoms with E-state index in [2.05, 4.69) is 71.2 Å². The van der Waals surface area contributed by atoms with E-state index in [0.717, 1.165) is 58.0 Å². The van der Waals surface area contributed by atoms with E-state index >= 15 is 0 Å². The van der Waals surface area contributed by atoms with Gasteiger partial charge in [0.15, 0.2) is 5.82 Å². The minimum atomic E-state index is 0.229. The Morgan fingerprint density at radius 1 is 1.14 bits per heavy atom. The first-order chi connectivity index (χ1) is 14.0. The number of ether oxygens (including phenoxy) is 1. The monoisotopic (exact) mass is 398 g/mol. The van der Waals surface area contributed by atoms with Crippen molar-refractivity contribution in [2.24, 2.45) is 5.92 Å². The second-order valence-electron chi connectivity index (χ2n) is 8.79. The molecule has 1 aromatic heterocycles. The highest BCUT2D eigenvalue weighted by Crippen LogP contribution is 2.30. The zero-order chi connectivity index (χ0) is 20.4. The van der Waals surface area contributed by atoms with Gasteiger partial charge in [0.2, 0.25) is 0 Å². The largest absolute Gasteiger partial charge is 0.376 e. The molecule has 0 unspecified atom stereocenters. The number of hydrogen-bond acceptors (Lipinski definition) is 6. The number of aromatic nitrogens is 4. The average Bonchev–Trinajstić information content (AvgIpc) is 3.38. The van der Waals surface area contributed by atoms with Crippen LogP contribution in [0.4, 0.5) is 5.69 Å². The molecule has 0 bridgehead atoms. The van der Waals surface area contributed by atoms with E-state index in [9.17, 15) is 0 Å². The molecule has 3 heterocycles. The van der Waals surface area contributed by atoms with Crippen molar-refractivity contribution in [1.82, 2.24) is 25.1 Å². The SMILES string of the molecule is Cc1cccc(N2CCN([C@@H](c3nnnn3C[C@H]3CCCO3)C(C)C)CC2)c1C. The summed E-state index contributed by atoms with van der Waals surface area (Å²) in [7, 11) is 0. The standard InChI is InChI=1S/C22H34N6O/c1-16(2)21(22-23-24-25-28(22)15-19-8-6-14-29-19)27-12-10-26(11-13-27)20-9-5-7-17(3)18(20)4/h5,7,9,16,19,21H,6,8,10-15H2,1-4H3/t19-,21-/m1/s1. The van der Waals surface area contributed by atoms with E-state index < -0.39 is 0 Å². The Kier molecular flexibility index (Phi) is 6.15. The highest BCUT2D eigenvalue weighted by atomic mass is 16.5. The minimum Gasteiger partial charge on any atom is -0.376 e. The first-order valence-electron chi connectivity index (χ1n) is 11.0. The first kappa shape index (κ1) is 20.3. The van der Waals surface area contributed by atoms with E-state index in [1.165, 1.54) is 16.8 Å². The lowest BCUT2D eigenvalue weighted by molar-refractivity contribution is 0.0865. The number of hydrogen-bond donors (Lipinski definition) is 0. The fourth-order valence-electron chi connectivity index (χ4n) is 4.74. The molecule has 29 heavy (non-hydrogen) atoms. The summed E-state index contributed by atoms with van der Waals surface area (Å²) in [6, 6.07) is 6.84. The molecular formula is C22H34N6O. The zero-order valence-corrected chi connectivity index (χ0v) is 18.2. The zero-order valence-electron chi connectivity index (χ0n) is 18.2. The molecule has 2 aliphatic heterocycles. The smallest absolute Gasteiger partial charge is 0.168 e. The molecule has 0 amide bonds. The number of piperazine rings is 1. The van der Waals surface area contributed by atoms with Gasteiger partial charge < -0.3 is 9.64 Å². The van der Waals surface area contributed by atoms with Crippen LogP contribution in [0.25, 0.3) is 0 Å². The lowest BCUT2D eigenvalue weighted by Crippen LogP contribution is -2.49. The van der Waals surface area contributed by atoms with Gasteiger partial charge in [0, 0.05) is 38.5 Å². The molecule has 2 aliphatic rings. The fourth-order valence-corrected chi connectivity index (χ4v) is 4.74. The number of anilines is 1. The van der Waals surface area contributed by atoms with Crippen LogP contribution in [-0.2, 0) is 11.3 Å². The molecule has 4 rings (SSSR count). The Balaban J connectivity index is 1.47. The predicted octanol–water partition coefficient (Wildman–Crippen LogP) is 2.99. The Morgan fingerprint density at radius 2 is 1.93 bits per heavy atom. The topological polar surface area (TPSA) is 59.3 Å². The van der Waals surface area contributed by atoms with Gasteiger partial charge in [-0.2, -0.15) is 0 Å². The number of nitrogens with zero attached hydrogens (tertiary/aromatic N) is 6. The molecule has 7 nitrogen and oxygen atoms in total. The molecular weight excluding hydrogens is 364 g/mol. The van der Waals surface area contributed by atoms with E-state index in [4.69, 9.17) is 4.74 Å². The summed E-state index contributed by atoms with van der Waals surface area (Å²) in [6.45, 7) is 14.7. The fraction of sp³-hybridized carbons (Fsp3) is 0.682. The van der Waals surface area contributed by atoms with Crippen LogP contribution in [0.15, 0.2) is 18.2 Å². The molecule has 0 N–H and O–H groups in total. The van der Waals surface area contributed by atoms with Crippen LogP contribution >= 0.6 is 0 Å². The van der Waals surface area contributed by atoms with Crippen LogP contribution in [0.3, 0.4) is 0 Å². The summed E-state index contributed by atoms with van der Waals surface area (Å²) in [5, 5.41) is 12.8. The van der Waals surface area contributed by atoms with Gasteiger partial charge in [-0.25, -0.2) is 4.68 Å². The lowest BCUT2D eigenvalue weighted by atomic mass is 10.00. The molecule has 0 radical (unpaired) electrons. The van der Waals surface area contributed by atoms with E-state index in [0.29, 0.717) is 5.92 Å². The third-order valence-corrected chi connectivity index (χ3v) is 6.48.